The maximum atomic E-state index is 13.0. The molecule has 1 unspecified atom stereocenters. The van der Waals surface area contributed by atoms with Gasteiger partial charge < -0.3 is 0 Å². The molecule has 3 aromatic rings. The van der Waals surface area contributed by atoms with E-state index in [1.54, 1.807) is 6.20 Å². The van der Waals surface area contributed by atoms with Gasteiger partial charge in [0.25, 0.3) is 0 Å². The Morgan fingerprint density at radius 3 is 2.67 bits per heavy atom. The van der Waals surface area contributed by atoms with Crippen molar-refractivity contribution in [1.82, 2.24) is 10.2 Å². The largest absolute Gasteiger partial charge is 0.299 e. The number of aromatic amines is 1. The second-order valence-electron chi connectivity index (χ2n) is 7.56. The Hall–Kier alpha value is -2.75. The van der Waals surface area contributed by atoms with E-state index in [0.717, 1.165) is 47.6 Å². The number of aryl methyl sites for hydroxylation is 1. The number of carbonyl (C=O) groups is 2. The van der Waals surface area contributed by atoms with Gasteiger partial charge in [-0.25, -0.2) is 0 Å². The van der Waals surface area contributed by atoms with Gasteiger partial charge in [0, 0.05) is 30.0 Å². The Bertz CT molecular complexity index is 946. The zero-order valence-electron chi connectivity index (χ0n) is 15.4. The van der Waals surface area contributed by atoms with Crippen LogP contribution in [0.25, 0.3) is 10.8 Å². The molecule has 1 N–H and O–H groups in total. The Kier molecular flexibility index (Phi) is 5.14. The molecule has 27 heavy (non-hydrogen) atoms. The summed E-state index contributed by atoms with van der Waals surface area (Å²) in [4.78, 5) is 25.7. The van der Waals surface area contributed by atoms with Gasteiger partial charge in [-0.3, -0.25) is 14.7 Å². The fourth-order valence-corrected chi connectivity index (χ4v) is 4.18. The third-order valence-corrected chi connectivity index (χ3v) is 5.75. The number of fused-ring (bicyclic) bond motifs is 1. The molecule has 0 aliphatic heterocycles. The first-order valence-electron chi connectivity index (χ1n) is 9.74. The molecule has 0 saturated heterocycles. The van der Waals surface area contributed by atoms with Gasteiger partial charge in [-0.2, -0.15) is 5.10 Å². The van der Waals surface area contributed by atoms with Crippen molar-refractivity contribution in [3.8, 4) is 0 Å². The lowest BCUT2D eigenvalue weighted by molar-refractivity contribution is -0.124. The molecule has 2 aromatic carbocycles. The third-order valence-electron chi connectivity index (χ3n) is 5.75. The Labute approximate surface area is 159 Å². The number of benzene rings is 2. The number of rotatable bonds is 6. The summed E-state index contributed by atoms with van der Waals surface area (Å²) in [5.74, 6) is 0.447. The van der Waals surface area contributed by atoms with E-state index in [-0.39, 0.29) is 23.4 Å². The van der Waals surface area contributed by atoms with Gasteiger partial charge in [0.1, 0.15) is 5.78 Å². The molecule has 0 bridgehead atoms. The minimum Gasteiger partial charge on any atom is -0.299 e. The molecule has 2 atom stereocenters. The van der Waals surface area contributed by atoms with Gasteiger partial charge in [0.2, 0.25) is 0 Å². The Morgan fingerprint density at radius 2 is 1.85 bits per heavy atom. The molecule has 0 amide bonds. The standard InChI is InChI=1S/C23H24N2O2/c26-22(11-8-16-14-24-25-15-16)19-6-3-7-20(13-19)23(27)21-10-9-17-4-1-2-5-18(17)12-21/h1-2,4-5,9-10,12,14-15,19-20H,3,6-8,11,13H2,(H,24,25)/t19?,20-/m1/s1. The summed E-state index contributed by atoms with van der Waals surface area (Å²) < 4.78 is 0. The highest BCUT2D eigenvalue weighted by Crippen LogP contribution is 2.33. The number of nitrogens with zero attached hydrogens (tertiary/aromatic N) is 1. The van der Waals surface area contributed by atoms with Gasteiger partial charge in [-0.15, -0.1) is 0 Å². The molecule has 138 valence electrons. The molecule has 1 heterocycles. The number of carbonyl (C=O) groups excluding carboxylic acids is 2. The van der Waals surface area contributed by atoms with E-state index >= 15 is 0 Å². The predicted molar refractivity (Wildman–Crippen MR) is 106 cm³/mol. The molecular weight excluding hydrogens is 336 g/mol. The Balaban J connectivity index is 1.42. The van der Waals surface area contributed by atoms with Crippen molar-refractivity contribution < 1.29 is 9.59 Å². The van der Waals surface area contributed by atoms with E-state index < -0.39 is 0 Å². The average molecular weight is 360 g/mol. The van der Waals surface area contributed by atoms with Crippen LogP contribution in [0.2, 0.25) is 0 Å². The monoisotopic (exact) mass is 360 g/mol. The van der Waals surface area contributed by atoms with Crippen molar-refractivity contribution in [1.29, 1.82) is 0 Å². The molecule has 4 rings (SSSR count). The first-order chi connectivity index (χ1) is 13.2. The van der Waals surface area contributed by atoms with Crippen LogP contribution in [0.1, 0.15) is 48.0 Å². The van der Waals surface area contributed by atoms with E-state index in [9.17, 15) is 9.59 Å². The highest BCUT2D eigenvalue weighted by molar-refractivity contribution is 6.01. The molecule has 1 aliphatic rings. The Morgan fingerprint density at radius 1 is 1.04 bits per heavy atom. The van der Waals surface area contributed by atoms with E-state index in [1.165, 1.54) is 0 Å². The predicted octanol–water partition coefficient (Wildman–Crippen LogP) is 4.75. The number of nitrogens with one attached hydrogen (secondary N) is 1. The van der Waals surface area contributed by atoms with Crippen LogP contribution in [0, 0.1) is 11.8 Å². The fourth-order valence-electron chi connectivity index (χ4n) is 4.18. The van der Waals surface area contributed by atoms with E-state index in [1.807, 2.05) is 42.6 Å². The molecule has 4 nitrogen and oxygen atoms in total. The lowest BCUT2D eigenvalue weighted by Crippen LogP contribution is -2.27. The van der Waals surface area contributed by atoms with E-state index in [4.69, 9.17) is 0 Å². The molecule has 4 heteroatoms. The van der Waals surface area contributed by atoms with Crippen LogP contribution >= 0.6 is 0 Å². The minimum absolute atomic E-state index is 0.0139. The highest BCUT2D eigenvalue weighted by atomic mass is 16.1. The SMILES string of the molecule is O=C(CCc1cn[nH]c1)C1CCC[C@@H](C(=O)c2ccc3ccccc3c2)C1. The smallest absolute Gasteiger partial charge is 0.165 e. The van der Waals surface area contributed by atoms with Crippen molar-refractivity contribution in [2.75, 3.05) is 0 Å². The molecule has 0 spiro atoms. The lowest BCUT2D eigenvalue weighted by atomic mass is 9.75. The van der Waals surface area contributed by atoms with Crippen molar-refractivity contribution in [3.05, 3.63) is 66.0 Å². The second-order valence-corrected chi connectivity index (χ2v) is 7.56. The first kappa shape index (κ1) is 17.7. The molecule has 1 fully saturated rings. The summed E-state index contributed by atoms with van der Waals surface area (Å²) in [5.41, 5.74) is 1.83. The van der Waals surface area contributed by atoms with Gasteiger partial charge >= 0.3 is 0 Å². The van der Waals surface area contributed by atoms with Crippen LogP contribution < -0.4 is 0 Å². The summed E-state index contributed by atoms with van der Waals surface area (Å²) in [5, 5.41) is 8.94. The number of Topliss-reactive ketones (excluding diaryl/α,β-unsaturated/α-hetero) is 2. The number of ketones is 2. The molecule has 1 saturated carbocycles. The van der Waals surface area contributed by atoms with Gasteiger partial charge in [-0.1, -0.05) is 42.8 Å². The maximum absolute atomic E-state index is 13.0. The normalized spacial score (nSPS) is 19.9. The van der Waals surface area contributed by atoms with Crippen LogP contribution in [0.15, 0.2) is 54.9 Å². The van der Waals surface area contributed by atoms with Gasteiger partial charge in [0.15, 0.2) is 5.78 Å². The summed E-state index contributed by atoms with van der Waals surface area (Å²) in [6, 6.07) is 14.0. The second kappa shape index (κ2) is 7.87. The number of hydrogen-bond donors (Lipinski definition) is 1. The van der Waals surface area contributed by atoms with Crippen LogP contribution in [0.3, 0.4) is 0 Å². The van der Waals surface area contributed by atoms with Crippen molar-refractivity contribution in [2.24, 2.45) is 11.8 Å². The molecule has 1 aromatic heterocycles. The fraction of sp³-hybridized carbons (Fsp3) is 0.348. The van der Waals surface area contributed by atoms with Crippen molar-refractivity contribution >= 4 is 22.3 Å². The maximum Gasteiger partial charge on any atom is 0.165 e. The summed E-state index contributed by atoms with van der Waals surface area (Å²) in [6.45, 7) is 0. The summed E-state index contributed by atoms with van der Waals surface area (Å²) >= 11 is 0. The third kappa shape index (κ3) is 4.00. The highest BCUT2D eigenvalue weighted by Gasteiger charge is 2.31. The first-order valence-corrected chi connectivity index (χ1v) is 9.74. The molecule has 0 radical (unpaired) electrons. The summed E-state index contributed by atoms with van der Waals surface area (Å²) in [6.07, 6.45) is 8.28. The van der Waals surface area contributed by atoms with Crippen LogP contribution in [0.4, 0.5) is 0 Å². The number of H-pyrrole nitrogens is 1. The van der Waals surface area contributed by atoms with E-state index in [0.29, 0.717) is 12.8 Å². The number of aromatic nitrogens is 2. The van der Waals surface area contributed by atoms with Crippen LogP contribution in [-0.2, 0) is 11.2 Å². The van der Waals surface area contributed by atoms with Gasteiger partial charge in [-0.05, 0) is 48.1 Å². The van der Waals surface area contributed by atoms with E-state index in [2.05, 4.69) is 16.3 Å². The summed E-state index contributed by atoms with van der Waals surface area (Å²) in [7, 11) is 0. The van der Waals surface area contributed by atoms with Gasteiger partial charge in [0.05, 0.1) is 6.20 Å². The zero-order chi connectivity index (χ0) is 18.6. The van der Waals surface area contributed by atoms with Crippen LogP contribution in [-0.4, -0.2) is 21.8 Å². The van der Waals surface area contributed by atoms with Crippen LogP contribution in [0.5, 0.6) is 0 Å². The minimum atomic E-state index is -0.0391. The topological polar surface area (TPSA) is 62.8 Å². The lowest BCUT2D eigenvalue weighted by Gasteiger charge is -2.27. The quantitative estimate of drug-likeness (QED) is 0.645. The van der Waals surface area contributed by atoms with Crippen molar-refractivity contribution in [3.63, 3.8) is 0 Å². The molecule has 1 aliphatic carbocycles. The van der Waals surface area contributed by atoms with Crippen molar-refractivity contribution in [2.45, 2.75) is 38.5 Å². The average Bonchev–Trinajstić information content (AvgIpc) is 3.25. The number of hydrogen-bond acceptors (Lipinski definition) is 3. The zero-order valence-corrected chi connectivity index (χ0v) is 15.4. The molecular formula is C23H24N2O2.